The van der Waals surface area contributed by atoms with Crippen molar-refractivity contribution in [1.82, 2.24) is 0 Å². The minimum absolute atomic E-state index is 0.226. The van der Waals surface area contributed by atoms with Gasteiger partial charge in [0.05, 0.1) is 19.8 Å². The molecule has 0 aliphatic carbocycles. The fourth-order valence-electron chi connectivity index (χ4n) is 1.13. The largest absolute Gasteiger partial charge is 0.495 e. The van der Waals surface area contributed by atoms with Gasteiger partial charge in [0, 0.05) is 4.90 Å². The number of hydrogen-bond acceptors (Lipinski definition) is 5. The highest BCUT2D eigenvalue weighted by Crippen LogP contribution is 2.27. The third-order valence-corrected chi connectivity index (χ3v) is 2.34. The minimum atomic E-state index is -0.529. The number of carbonyl (C=O) groups excluding carboxylic acids is 1. The van der Waals surface area contributed by atoms with Gasteiger partial charge in [0.2, 0.25) is 0 Å². The second-order valence-corrected chi connectivity index (χ2v) is 3.09. The molecular formula is C10H9NO3S. The highest BCUT2D eigenvalue weighted by Gasteiger charge is 2.16. The van der Waals surface area contributed by atoms with Gasteiger partial charge in [-0.15, -0.1) is 12.6 Å². The van der Waals surface area contributed by atoms with Crippen LogP contribution in [0.2, 0.25) is 0 Å². The molecule has 0 N–H and O–H groups in total. The summed E-state index contributed by atoms with van der Waals surface area (Å²) in [6, 6.07) is 4.97. The lowest BCUT2D eigenvalue weighted by Crippen LogP contribution is -2.04. The molecule has 1 aromatic carbocycles. The smallest absolute Gasteiger partial charge is 0.339 e. The van der Waals surface area contributed by atoms with Crippen LogP contribution in [0.15, 0.2) is 17.0 Å². The molecule has 0 fully saturated rings. The fraction of sp³-hybridized carbons (Fsp3) is 0.200. The van der Waals surface area contributed by atoms with E-state index >= 15 is 0 Å². The molecular weight excluding hydrogens is 214 g/mol. The van der Waals surface area contributed by atoms with Crippen LogP contribution in [0.25, 0.3) is 0 Å². The maximum absolute atomic E-state index is 11.3. The molecule has 0 aliphatic heterocycles. The van der Waals surface area contributed by atoms with Gasteiger partial charge in [0.25, 0.3) is 0 Å². The average Bonchev–Trinajstić information content (AvgIpc) is 2.27. The van der Waals surface area contributed by atoms with E-state index in [1.165, 1.54) is 26.4 Å². The predicted octanol–water partition coefficient (Wildman–Crippen LogP) is 1.64. The number of thiol groups is 1. The monoisotopic (exact) mass is 223 g/mol. The van der Waals surface area contributed by atoms with Gasteiger partial charge in [-0.3, -0.25) is 0 Å². The Balaban J connectivity index is 3.37. The van der Waals surface area contributed by atoms with Gasteiger partial charge in [-0.25, -0.2) is 4.79 Å². The molecule has 0 saturated carbocycles. The summed E-state index contributed by atoms with van der Waals surface area (Å²) in [5, 5.41) is 8.88. The van der Waals surface area contributed by atoms with Crippen molar-refractivity contribution < 1.29 is 14.3 Å². The van der Waals surface area contributed by atoms with Crippen molar-refractivity contribution in [1.29, 1.82) is 5.26 Å². The zero-order valence-electron chi connectivity index (χ0n) is 8.27. The molecule has 1 aromatic rings. The third kappa shape index (κ3) is 2.05. The van der Waals surface area contributed by atoms with E-state index in [0.717, 1.165) is 0 Å². The lowest BCUT2D eigenvalue weighted by atomic mass is 10.1. The molecule has 0 aliphatic rings. The van der Waals surface area contributed by atoms with Gasteiger partial charge in [0.1, 0.15) is 17.4 Å². The van der Waals surface area contributed by atoms with Crippen molar-refractivity contribution in [3.63, 3.8) is 0 Å². The van der Waals surface area contributed by atoms with E-state index < -0.39 is 5.97 Å². The van der Waals surface area contributed by atoms with E-state index in [0.29, 0.717) is 5.75 Å². The van der Waals surface area contributed by atoms with Gasteiger partial charge in [-0.2, -0.15) is 5.26 Å². The zero-order valence-corrected chi connectivity index (χ0v) is 9.17. The van der Waals surface area contributed by atoms with Crippen LogP contribution in [0.4, 0.5) is 0 Å². The number of ether oxygens (including phenoxy) is 2. The number of rotatable bonds is 2. The Bertz CT molecular complexity index is 437. The number of carbonyl (C=O) groups is 1. The Labute approximate surface area is 92.8 Å². The minimum Gasteiger partial charge on any atom is -0.495 e. The first kappa shape index (κ1) is 11.4. The Kier molecular flexibility index (Phi) is 3.58. The summed E-state index contributed by atoms with van der Waals surface area (Å²) in [6.45, 7) is 0. The van der Waals surface area contributed by atoms with Crippen molar-refractivity contribution in [3.05, 3.63) is 23.3 Å². The normalized spacial score (nSPS) is 9.20. The first-order valence-corrected chi connectivity index (χ1v) is 4.48. The Morgan fingerprint density at radius 1 is 1.47 bits per heavy atom. The Hall–Kier alpha value is -1.67. The molecule has 15 heavy (non-hydrogen) atoms. The van der Waals surface area contributed by atoms with E-state index in [9.17, 15) is 4.79 Å². The molecule has 0 bridgehead atoms. The predicted molar refractivity (Wildman–Crippen MR) is 56.3 cm³/mol. The van der Waals surface area contributed by atoms with Gasteiger partial charge in [0.15, 0.2) is 0 Å². The summed E-state index contributed by atoms with van der Waals surface area (Å²) in [6.07, 6.45) is 0. The van der Waals surface area contributed by atoms with Crippen LogP contribution in [-0.2, 0) is 4.74 Å². The van der Waals surface area contributed by atoms with Crippen molar-refractivity contribution >= 4 is 18.6 Å². The number of nitriles is 1. The fourth-order valence-corrected chi connectivity index (χ4v) is 1.45. The molecule has 0 radical (unpaired) electrons. The van der Waals surface area contributed by atoms with Crippen LogP contribution in [0, 0.1) is 11.3 Å². The van der Waals surface area contributed by atoms with Gasteiger partial charge < -0.3 is 9.47 Å². The van der Waals surface area contributed by atoms with Crippen LogP contribution >= 0.6 is 12.6 Å². The van der Waals surface area contributed by atoms with E-state index in [1.807, 2.05) is 6.07 Å². The van der Waals surface area contributed by atoms with Crippen molar-refractivity contribution in [2.24, 2.45) is 0 Å². The molecule has 0 heterocycles. The van der Waals surface area contributed by atoms with Crippen LogP contribution in [0.3, 0.4) is 0 Å². The first-order chi connectivity index (χ1) is 7.15. The van der Waals surface area contributed by atoms with Crippen LogP contribution in [0.5, 0.6) is 5.75 Å². The van der Waals surface area contributed by atoms with E-state index in [2.05, 4.69) is 17.4 Å². The molecule has 0 unspecified atom stereocenters. The molecule has 0 amide bonds. The standard InChI is InChI=1S/C10H9NO3S/c1-13-8-4-3-6(10(12)14-2)9(15)7(8)5-11/h3-4,15H,1-2H3. The SMILES string of the molecule is COC(=O)c1ccc(OC)c(C#N)c1S. The molecule has 0 atom stereocenters. The maximum atomic E-state index is 11.3. The molecule has 1 rings (SSSR count). The Morgan fingerprint density at radius 2 is 2.13 bits per heavy atom. The second kappa shape index (κ2) is 4.71. The van der Waals surface area contributed by atoms with Gasteiger partial charge in [-0.1, -0.05) is 0 Å². The topological polar surface area (TPSA) is 59.3 Å². The third-order valence-electron chi connectivity index (χ3n) is 1.88. The number of nitrogens with zero attached hydrogens (tertiary/aromatic N) is 1. The van der Waals surface area contributed by atoms with E-state index in [-0.39, 0.29) is 16.0 Å². The van der Waals surface area contributed by atoms with Crippen molar-refractivity contribution in [2.45, 2.75) is 4.90 Å². The van der Waals surface area contributed by atoms with Crippen molar-refractivity contribution in [2.75, 3.05) is 14.2 Å². The molecule has 0 saturated heterocycles. The summed E-state index contributed by atoms with van der Waals surface area (Å²) in [5.41, 5.74) is 0.474. The van der Waals surface area contributed by atoms with Gasteiger partial charge >= 0.3 is 5.97 Å². The van der Waals surface area contributed by atoms with E-state index in [1.54, 1.807) is 0 Å². The second-order valence-electron chi connectivity index (χ2n) is 2.64. The molecule has 5 heteroatoms. The van der Waals surface area contributed by atoms with Crippen LogP contribution in [-0.4, -0.2) is 20.2 Å². The highest BCUT2D eigenvalue weighted by molar-refractivity contribution is 7.80. The number of esters is 1. The van der Waals surface area contributed by atoms with Crippen molar-refractivity contribution in [3.8, 4) is 11.8 Å². The van der Waals surface area contributed by atoms with Crippen LogP contribution in [0.1, 0.15) is 15.9 Å². The summed E-state index contributed by atoms with van der Waals surface area (Å²) < 4.78 is 9.51. The number of hydrogen-bond donors (Lipinski definition) is 1. The Morgan fingerprint density at radius 3 is 2.60 bits per heavy atom. The lowest BCUT2D eigenvalue weighted by molar-refractivity contribution is 0.0596. The zero-order chi connectivity index (χ0) is 11.4. The van der Waals surface area contributed by atoms with Crippen LogP contribution < -0.4 is 4.74 Å². The first-order valence-electron chi connectivity index (χ1n) is 4.04. The summed E-state index contributed by atoms with van der Waals surface area (Å²) >= 11 is 4.11. The molecule has 4 nitrogen and oxygen atoms in total. The maximum Gasteiger partial charge on any atom is 0.339 e. The molecule has 0 spiro atoms. The quantitative estimate of drug-likeness (QED) is 0.611. The summed E-state index contributed by atoms with van der Waals surface area (Å²) in [7, 11) is 2.72. The number of methoxy groups -OCH3 is 2. The summed E-state index contributed by atoms with van der Waals surface area (Å²) in [5.74, 6) is -0.144. The highest BCUT2D eigenvalue weighted by atomic mass is 32.1. The van der Waals surface area contributed by atoms with E-state index in [4.69, 9.17) is 10.00 Å². The molecule has 78 valence electrons. The lowest BCUT2D eigenvalue weighted by Gasteiger charge is -2.08. The summed E-state index contributed by atoms with van der Waals surface area (Å²) in [4.78, 5) is 11.5. The average molecular weight is 223 g/mol. The van der Waals surface area contributed by atoms with Gasteiger partial charge in [-0.05, 0) is 12.1 Å². The number of benzene rings is 1. The molecule has 0 aromatic heterocycles.